The van der Waals surface area contributed by atoms with Crippen molar-refractivity contribution in [3.63, 3.8) is 0 Å². The Morgan fingerprint density at radius 3 is 2.90 bits per heavy atom. The summed E-state index contributed by atoms with van der Waals surface area (Å²) in [5.41, 5.74) is 0.0898. The van der Waals surface area contributed by atoms with Crippen LogP contribution in [0.25, 0.3) is 0 Å². The van der Waals surface area contributed by atoms with Gasteiger partial charge in [-0.1, -0.05) is 6.42 Å². The Hall–Kier alpha value is -1.47. The molecule has 2 unspecified atom stereocenters. The summed E-state index contributed by atoms with van der Waals surface area (Å²) in [5.74, 6) is 0.431. The lowest BCUT2D eigenvalue weighted by molar-refractivity contribution is -0.385. The molecular weight excluding hydrogens is 284 g/mol. The second-order valence-corrected chi connectivity index (χ2v) is 5.44. The number of nitro groups is 1. The second-order valence-electron chi connectivity index (χ2n) is 5.10. The zero-order chi connectivity index (χ0) is 14.7. The fourth-order valence-electron chi connectivity index (χ4n) is 2.56. The summed E-state index contributed by atoms with van der Waals surface area (Å²) >= 11 is 5.75. The third-order valence-electron chi connectivity index (χ3n) is 3.53. The molecule has 7 nitrogen and oxygen atoms in total. The van der Waals surface area contributed by atoms with Crippen LogP contribution >= 0.6 is 11.6 Å². The van der Waals surface area contributed by atoms with Gasteiger partial charge >= 0.3 is 5.69 Å². The molecule has 0 aliphatic heterocycles. The number of aromatic nitrogens is 2. The Bertz CT molecular complexity index is 512. The van der Waals surface area contributed by atoms with Gasteiger partial charge in [0.1, 0.15) is 5.69 Å². The number of anilines is 1. The minimum Gasteiger partial charge on any atom is -0.393 e. The molecule has 2 rings (SSSR count). The van der Waals surface area contributed by atoms with E-state index >= 15 is 0 Å². The first-order valence-electron chi connectivity index (χ1n) is 6.58. The third kappa shape index (κ3) is 3.55. The van der Waals surface area contributed by atoms with Crippen molar-refractivity contribution in [2.24, 2.45) is 5.92 Å². The van der Waals surface area contributed by atoms with Gasteiger partial charge in [-0.3, -0.25) is 10.1 Å². The highest BCUT2D eigenvalue weighted by molar-refractivity contribution is 6.28. The number of aryl methyl sites for hydroxylation is 1. The average Bonchev–Trinajstić information content (AvgIpc) is 2.35. The van der Waals surface area contributed by atoms with E-state index in [-0.39, 0.29) is 34.5 Å². The van der Waals surface area contributed by atoms with Gasteiger partial charge in [-0.15, -0.1) is 0 Å². The molecule has 1 aromatic heterocycles. The monoisotopic (exact) mass is 300 g/mol. The van der Waals surface area contributed by atoms with Crippen LogP contribution < -0.4 is 5.32 Å². The fraction of sp³-hybridized carbons (Fsp3) is 0.667. The molecule has 0 amide bonds. The zero-order valence-corrected chi connectivity index (χ0v) is 11.9. The predicted molar refractivity (Wildman–Crippen MR) is 74.9 cm³/mol. The van der Waals surface area contributed by atoms with Crippen molar-refractivity contribution >= 4 is 23.1 Å². The summed E-state index contributed by atoms with van der Waals surface area (Å²) in [6, 6.07) is 0. The first-order valence-corrected chi connectivity index (χ1v) is 6.95. The quantitative estimate of drug-likeness (QED) is 0.502. The minimum absolute atomic E-state index is 0.0146. The van der Waals surface area contributed by atoms with Crippen LogP contribution in [-0.2, 0) is 0 Å². The molecule has 1 aromatic rings. The van der Waals surface area contributed by atoms with Crippen LogP contribution in [-0.4, -0.2) is 32.6 Å². The molecule has 0 aromatic carbocycles. The molecule has 110 valence electrons. The van der Waals surface area contributed by atoms with Crippen molar-refractivity contribution in [1.29, 1.82) is 0 Å². The van der Waals surface area contributed by atoms with Gasteiger partial charge in [-0.25, -0.2) is 4.98 Å². The Morgan fingerprint density at radius 1 is 1.50 bits per heavy atom. The van der Waals surface area contributed by atoms with E-state index in [0.717, 1.165) is 19.3 Å². The Morgan fingerprint density at radius 2 is 2.25 bits per heavy atom. The number of rotatable bonds is 4. The van der Waals surface area contributed by atoms with Gasteiger partial charge in [-0.05, 0) is 43.7 Å². The Labute approximate surface area is 121 Å². The standard InChI is InChI=1S/C12H17ClN4O3/c1-7-10(17(19)20)11(16-12(13)15-7)14-6-8-3-2-4-9(18)5-8/h8-9,18H,2-6H2,1H3,(H,14,15,16). The number of aliphatic hydroxyl groups excluding tert-OH is 1. The largest absolute Gasteiger partial charge is 0.393 e. The van der Waals surface area contributed by atoms with E-state index in [2.05, 4.69) is 15.3 Å². The number of aliphatic hydroxyl groups is 1. The maximum absolute atomic E-state index is 11.1. The number of hydrogen-bond acceptors (Lipinski definition) is 6. The average molecular weight is 301 g/mol. The van der Waals surface area contributed by atoms with Crippen molar-refractivity contribution in [2.45, 2.75) is 38.7 Å². The molecule has 0 spiro atoms. The lowest BCUT2D eigenvalue weighted by Crippen LogP contribution is -2.25. The number of nitrogens with one attached hydrogen (secondary N) is 1. The summed E-state index contributed by atoms with van der Waals surface area (Å²) < 4.78 is 0. The number of halogens is 1. The van der Waals surface area contributed by atoms with Crippen LogP contribution in [0.15, 0.2) is 0 Å². The van der Waals surface area contributed by atoms with E-state index in [0.29, 0.717) is 13.0 Å². The van der Waals surface area contributed by atoms with Crippen LogP contribution in [0, 0.1) is 23.0 Å². The molecular formula is C12H17ClN4O3. The SMILES string of the molecule is Cc1nc(Cl)nc(NCC2CCCC(O)C2)c1[N+](=O)[O-]. The first-order chi connectivity index (χ1) is 9.47. The molecule has 20 heavy (non-hydrogen) atoms. The van der Waals surface area contributed by atoms with E-state index in [1.165, 1.54) is 6.92 Å². The van der Waals surface area contributed by atoms with Crippen molar-refractivity contribution in [3.8, 4) is 0 Å². The van der Waals surface area contributed by atoms with Crippen molar-refractivity contribution in [3.05, 3.63) is 21.1 Å². The molecule has 2 N–H and O–H groups in total. The normalized spacial score (nSPS) is 22.6. The fourth-order valence-corrected chi connectivity index (χ4v) is 2.78. The first kappa shape index (κ1) is 14.9. The van der Waals surface area contributed by atoms with Crippen LogP contribution in [0.4, 0.5) is 11.5 Å². The van der Waals surface area contributed by atoms with Crippen LogP contribution in [0.5, 0.6) is 0 Å². The predicted octanol–water partition coefficient (Wildman–Crippen LogP) is 2.31. The van der Waals surface area contributed by atoms with Gasteiger partial charge in [0.05, 0.1) is 11.0 Å². The summed E-state index contributed by atoms with van der Waals surface area (Å²) in [5, 5.41) is 23.6. The minimum atomic E-state index is -0.510. The van der Waals surface area contributed by atoms with Gasteiger partial charge in [0.15, 0.2) is 0 Å². The van der Waals surface area contributed by atoms with E-state index in [1.807, 2.05) is 0 Å². The van der Waals surface area contributed by atoms with Crippen LogP contribution in [0.1, 0.15) is 31.4 Å². The molecule has 0 radical (unpaired) electrons. The van der Waals surface area contributed by atoms with E-state index in [1.54, 1.807) is 0 Å². The molecule has 1 heterocycles. The van der Waals surface area contributed by atoms with Gasteiger partial charge in [0.25, 0.3) is 0 Å². The Kier molecular flexibility index (Phi) is 4.72. The highest BCUT2D eigenvalue weighted by Crippen LogP contribution is 2.29. The van der Waals surface area contributed by atoms with Crippen molar-refractivity contribution in [2.75, 3.05) is 11.9 Å². The lowest BCUT2D eigenvalue weighted by atomic mass is 9.87. The van der Waals surface area contributed by atoms with E-state index < -0.39 is 4.92 Å². The van der Waals surface area contributed by atoms with E-state index in [4.69, 9.17) is 11.6 Å². The van der Waals surface area contributed by atoms with Gasteiger partial charge < -0.3 is 10.4 Å². The summed E-state index contributed by atoms with van der Waals surface area (Å²) in [6.07, 6.45) is 3.23. The van der Waals surface area contributed by atoms with Gasteiger partial charge in [0.2, 0.25) is 11.1 Å². The number of hydrogen-bond donors (Lipinski definition) is 2. The zero-order valence-electron chi connectivity index (χ0n) is 11.2. The highest BCUT2D eigenvalue weighted by Gasteiger charge is 2.24. The van der Waals surface area contributed by atoms with Gasteiger partial charge in [0, 0.05) is 6.54 Å². The molecule has 2 atom stereocenters. The highest BCUT2D eigenvalue weighted by atomic mass is 35.5. The molecule has 1 saturated carbocycles. The summed E-state index contributed by atoms with van der Waals surface area (Å²) in [4.78, 5) is 18.2. The molecule has 8 heteroatoms. The van der Waals surface area contributed by atoms with Crippen LogP contribution in [0.3, 0.4) is 0 Å². The molecule has 1 aliphatic carbocycles. The summed E-state index contributed by atoms with van der Waals surface area (Å²) in [7, 11) is 0. The maximum Gasteiger partial charge on any atom is 0.332 e. The van der Waals surface area contributed by atoms with Crippen molar-refractivity contribution < 1.29 is 10.0 Å². The second kappa shape index (κ2) is 6.32. The van der Waals surface area contributed by atoms with Gasteiger partial charge in [-0.2, -0.15) is 4.98 Å². The Balaban J connectivity index is 2.10. The smallest absolute Gasteiger partial charge is 0.332 e. The molecule has 1 aliphatic rings. The molecule has 0 bridgehead atoms. The van der Waals surface area contributed by atoms with E-state index in [9.17, 15) is 15.2 Å². The number of nitrogens with zero attached hydrogens (tertiary/aromatic N) is 3. The van der Waals surface area contributed by atoms with Crippen molar-refractivity contribution in [1.82, 2.24) is 9.97 Å². The van der Waals surface area contributed by atoms with Crippen LogP contribution in [0.2, 0.25) is 5.28 Å². The topological polar surface area (TPSA) is 101 Å². The lowest BCUT2D eigenvalue weighted by Gasteiger charge is -2.26. The molecule has 1 fully saturated rings. The molecule has 0 saturated heterocycles. The summed E-state index contributed by atoms with van der Waals surface area (Å²) in [6.45, 7) is 2.06. The maximum atomic E-state index is 11.1. The third-order valence-corrected chi connectivity index (χ3v) is 3.70.